The van der Waals surface area contributed by atoms with E-state index in [0.29, 0.717) is 12.6 Å². The van der Waals surface area contributed by atoms with Crippen molar-refractivity contribution in [1.82, 2.24) is 4.98 Å². The average molecular weight is 240 g/mol. The smallest absolute Gasteiger partial charge is 0.147 e. The molecule has 4 heteroatoms. The Morgan fingerprint density at radius 3 is 3.06 bits per heavy atom. The zero-order valence-electron chi connectivity index (χ0n) is 9.40. The highest BCUT2D eigenvalue weighted by molar-refractivity contribution is 6.32. The van der Waals surface area contributed by atoms with E-state index in [4.69, 9.17) is 17.3 Å². The van der Waals surface area contributed by atoms with Crippen molar-refractivity contribution in [3.63, 3.8) is 0 Å². The number of hydrogen-bond acceptors (Lipinski definition) is 3. The molecular formula is C12H18ClN3. The third-order valence-electron chi connectivity index (χ3n) is 3.16. The molecule has 0 radical (unpaired) electrons. The quantitative estimate of drug-likeness (QED) is 0.862. The lowest BCUT2D eigenvalue weighted by atomic mass is 10.1. The molecule has 0 aromatic carbocycles. The fraction of sp³-hybridized carbons (Fsp3) is 0.583. The van der Waals surface area contributed by atoms with Crippen LogP contribution in [0.3, 0.4) is 0 Å². The van der Waals surface area contributed by atoms with Crippen molar-refractivity contribution in [2.75, 3.05) is 18.0 Å². The number of hydrogen-bond donors (Lipinski definition) is 1. The number of rotatable bonds is 2. The first-order valence-electron chi connectivity index (χ1n) is 5.90. The SMILES string of the molecule is NCC1CCCCCN1c1ncccc1Cl. The Labute approximate surface area is 102 Å². The van der Waals surface area contributed by atoms with E-state index < -0.39 is 0 Å². The number of nitrogens with two attached hydrogens (primary N) is 1. The highest BCUT2D eigenvalue weighted by atomic mass is 35.5. The number of halogens is 1. The van der Waals surface area contributed by atoms with Crippen LogP contribution in [0.2, 0.25) is 5.02 Å². The highest BCUT2D eigenvalue weighted by Crippen LogP contribution is 2.27. The minimum absolute atomic E-state index is 0.384. The number of aromatic nitrogens is 1. The molecule has 0 spiro atoms. The summed E-state index contributed by atoms with van der Waals surface area (Å²) in [5, 5.41) is 0.725. The van der Waals surface area contributed by atoms with E-state index in [0.717, 1.165) is 23.8 Å². The Balaban J connectivity index is 2.25. The van der Waals surface area contributed by atoms with Gasteiger partial charge in [0, 0.05) is 25.3 Å². The topological polar surface area (TPSA) is 42.1 Å². The van der Waals surface area contributed by atoms with E-state index in [1.54, 1.807) is 6.20 Å². The summed E-state index contributed by atoms with van der Waals surface area (Å²) in [5.74, 6) is 0.890. The first kappa shape index (κ1) is 11.7. The third kappa shape index (κ3) is 2.47. The lowest BCUT2D eigenvalue weighted by Crippen LogP contribution is -2.40. The van der Waals surface area contributed by atoms with Crippen molar-refractivity contribution in [3.8, 4) is 0 Å². The second kappa shape index (κ2) is 5.51. The van der Waals surface area contributed by atoms with Gasteiger partial charge in [0.15, 0.2) is 0 Å². The van der Waals surface area contributed by atoms with Crippen molar-refractivity contribution >= 4 is 17.4 Å². The van der Waals surface area contributed by atoms with E-state index >= 15 is 0 Å². The van der Waals surface area contributed by atoms with Crippen LogP contribution in [0.1, 0.15) is 25.7 Å². The van der Waals surface area contributed by atoms with Gasteiger partial charge in [-0.2, -0.15) is 0 Å². The van der Waals surface area contributed by atoms with E-state index in [9.17, 15) is 0 Å². The predicted molar refractivity (Wildman–Crippen MR) is 67.9 cm³/mol. The molecule has 2 N–H and O–H groups in total. The molecule has 88 valence electrons. The summed E-state index contributed by atoms with van der Waals surface area (Å²) in [4.78, 5) is 6.65. The minimum atomic E-state index is 0.384. The molecule has 16 heavy (non-hydrogen) atoms. The van der Waals surface area contributed by atoms with Crippen molar-refractivity contribution in [3.05, 3.63) is 23.4 Å². The van der Waals surface area contributed by atoms with E-state index in [-0.39, 0.29) is 0 Å². The molecule has 1 atom stereocenters. The maximum Gasteiger partial charge on any atom is 0.147 e. The van der Waals surface area contributed by atoms with Crippen molar-refractivity contribution in [2.45, 2.75) is 31.7 Å². The first-order valence-corrected chi connectivity index (χ1v) is 6.28. The Morgan fingerprint density at radius 1 is 1.44 bits per heavy atom. The predicted octanol–water partition coefficient (Wildman–Crippen LogP) is 2.44. The molecule has 1 aliphatic heterocycles. The third-order valence-corrected chi connectivity index (χ3v) is 3.46. The fourth-order valence-electron chi connectivity index (χ4n) is 2.29. The molecule has 1 unspecified atom stereocenters. The zero-order valence-corrected chi connectivity index (χ0v) is 10.2. The van der Waals surface area contributed by atoms with Crippen LogP contribution in [-0.4, -0.2) is 24.1 Å². The second-order valence-corrected chi connectivity index (χ2v) is 4.65. The van der Waals surface area contributed by atoms with Gasteiger partial charge in [-0.15, -0.1) is 0 Å². The summed E-state index contributed by atoms with van der Waals surface area (Å²) in [6.45, 7) is 1.69. The Bertz CT molecular complexity index is 343. The molecule has 0 saturated carbocycles. The fourth-order valence-corrected chi connectivity index (χ4v) is 2.52. The highest BCUT2D eigenvalue weighted by Gasteiger charge is 2.22. The maximum atomic E-state index is 6.19. The molecule has 2 heterocycles. The summed E-state index contributed by atoms with van der Waals surface area (Å²) in [7, 11) is 0. The zero-order chi connectivity index (χ0) is 11.4. The molecule has 0 bridgehead atoms. The molecule has 0 amide bonds. The van der Waals surface area contributed by atoms with Crippen LogP contribution >= 0.6 is 11.6 Å². The number of nitrogens with zero attached hydrogens (tertiary/aromatic N) is 2. The molecule has 1 saturated heterocycles. The second-order valence-electron chi connectivity index (χ2n) is 4.24. The molecule has 3 nitrogen and oxygen atoms in total. The largest absolute Gasteiger partial charge is 0.351 e. The standard InChI is InChI=1S/C12H18ClN3/c13-11-6-4-7-15-12(11)16-8-3-1-2-5-10(16)9-14/h4,6-7,10H,1-3,5,8-9,14H2. The van der Waals surface area contributed by atoms with Crippen molar-refractivity contribution in [2.24, 2.45) is 5.73 Å². The van der Waals surface area contributed by atoms with Crippen LogP contribution in [0.4, 0.5) is 5.82 Å². The van der Waals surface area contributed by atoms with E-state index in [2.05, 4.69) is 9.88 Å². The summed E-state index contributed by atoms with van der Waals surface area (Å²) in [5.41, 5.74) is 5.84. The summed E-state index contributed by atoms with van der Waals surface area (Å²) in [6, 6.07) is 4.14. The van der Waals surface area contributed by atoms with Crippen LogP contribution < -0.4 is 10.6 Å². The lowest BCUT2D eigenvalue weighted by Gasteiger charge is -2.30. The molecule has 1 aliphatic rings. The monoisotopic (exact) mass is 239 g/mol. The van der Waals surface area contributed by atoms with Crippen LogP contribution in [0, 0.1) is 0 Å². The Hall–Kier alpha value is -0.800. The molecule has 0 aliphatic carbocycles. The molecular weight excluding hydrogens is 222 g/mol. The Morgan fingerprint density at radius 2 is 2.31 bits per heavy atom. The van der Waals surface area contributed by atoms with E-state index in [1.807, 2.05) is 12.1 Å². The van der Waals surface area contributed by atoms with Gasteiger partial charge in [-0.05, 0) is 25.0 Å². The minimum Gasteiger partial charge on any atom is -0.351 e. The van der Waals surface area contributed by atoms with Crippen LogP contribution in [-0.2, 0) is 0 Å². The van der Waals surface area contributed by atoms with Gasteiger partial charge in [-0.1, -0.05) is 24.4 Å². The molecule has 2 rings (SSSR count). The van der Waals surface area contributed by atoms with Gasteiger partial charge in [-0.25, -0.2) is 4.98 Å². The molecule has 1 fully saturated rings. The van der Waals surface area contributed by atoms with Gasteiger partial charge in [0.2, 0.25) is 0 Å². The Kier molecular flexibility index (Phi) is 4.02. The van der Waals surface area contributed by atoms with Crippen LogP contribution in [0.5, 0.6) is 0 Å². The molecule has 1 aromatic heterocycles. The van der Waals surface area contributed by atoms with Crippen molar-refractivity contribution < 1.29 is 0 Å². The first-order chi connectivity index (χ1) is 7.83. The normalized spacial score (nSPS) is 21.9. The van der Waals surface area contributed by atoms with Gasteiger partial charge in [0.1, 0.15) is 5.82 Å². The van der Waals surface area contributed by atoms with Gasteiger partial charge in [-0.3, -0.25) is 0 Å². The lowest BCUT2D eigenvalue weighted by molar-refractivity contribution is 0.576. The van der Waals surface area contributed by atoms with E-state index in [1.165, 1.54) is 19.3 Å². The summed E-state index contributed by atoms with van der Waals surface area (Å²) >= 11 is 6.19. The average Bonchev–Trinajstić information content (AvgIpc) is 2.54. The number of anilines is 1. The van der Waals surface area contributed by atoms with Crippen LogP contribution in [0.25, 0.3) is 0 Å². The van der Waals surface area contributed by atoms with Crippen molar-refractivity contribution in [1.29, 1.82) is 0 Å². The maximum absolute atomic E-state index is 6.19. The van der Waals surface area contributed by atoms with Gasteiger partial charge < -0.3 is 10.6 Å². The van der Waals surface area contributed by atoms with Gasteiger partial charge >= 0.3 is 0 Å². The summed E-state index contributed by atoms with van der Waals surface area (Å²) in [6.07, 6.45) is 6.66. The van der Waals surface area contributed by atoms with Gasteiger partial charge in [0.05, 0.1) is 5.02 Å². The summed E-state index contributed by atoms with van der Waals surface area (Å²) < 4.78 is 0. The van der Waals surface area contributed by atoms with Crippen LogP contribution in [0.15, 0.2) is 18.3 Å². The number of pyridine rings is 1. The van der Waals surface area contributed by atoms with Gasteiger partial charge in [0.25, 0.3) is 0 Å². The molecule has 1 aromatic rings.